The van der Waals surface area contributed by atoms with E-state index >= 15 is 0 Å². The Hall–Kier alpha value is -2.78. The van der Waals surface area contributed by atoms with Gasteiger partial charge in [0.25, 0.3) is 0 Å². The molecule has 0 aliphatic carbocycles. The van der Waals surface area contributed by atoms with Gasteiger partial charge in [-0.3, -0.25) is 4.79 Å². The summed E-state index contributed by atoms with van der Waals surface area (Å²) in [5, 5.41) is 8.54. The van der Waals surface area contributed by atoms with Gasteiger partial charge in [-0.05, 0) is 12.5 Å². The number of alkyl halides is 13. The number of anilines is 1. The van der Waals surface area contributed by atoms with Crippen molar-refractivity contribution in [1.82, 2.24) is 0 Å². The number of carbonyl (C=O) groups excluding carboxylic acids is 2. The van der Waals surface area contributed by atoms with E-state index < -0.39 is 68.7 Å². The molecular weight excluding hydrogens is 535 g/mol. The Bertz CT molecular complexity index is 1020. The molecule has 5 nitrogen and oxygen atoms in total. The van der Waals surface area contributed by atoms with E-state index in [9.17, 15) is 66.7 Å². The Kier molecular flexibility index (Phi) is 7.28. The molecule has 0 atom stereocenters. The molecule has 0 bridgehead atoms. The molecule has 0 fully saturated rings. The summed E-state index contributed by atoms with van der Waals surface area (Å²) in [6.45, 7) is 0.956. The van der Waals surface area contributed by atoms with Crippen LogP contribution < -0.4 is 5.32 Å². The van der Waals surface area contributed by atoms with Gasteiger partial charge in [-0.25, -0.2) is 4.79 Å². The van der Waals surface area contributed by atoms with E-state index in [1.807, 2.05) is 0 Å². The van der Waals surface area contributed by atoms with Gasteiger partial charge in [-0.15, -0.1) is 11.3 Å². The monoisotopic (exact) mass is 542 g/mol. The molecule has 0 radical (unpaired) electrons. The van der Waals surface area contributed by atoms with Crippen LogP contribution >= 0.6 is 11.3 Å². The average molecular weight is 542 g/mol. The summed E-state index contributed by atoms with van der Waals surface area (Å²) < 4.78 is 175. The molecule has 1 rings (SSSR count). The fourth-order valence-electron chi connectivity index (χ4n) is 2.12. The van der Waals surface area contributed by atoms with Crippen LogP contribution in [0.2, 0.25) is 0 Å². The van der Waals surface area contributed by atoms with Crippen molar-refractivity contribution in [1.29, 1.82) is 5.26 Å². The molecule has 192 valence electrons. The molecule has 0 spiro atoms. The summed E-state index contributed by atoms with van der Waals surface area (Å²) >= 11 is -0.0925. The number of nitrogens with one attached hydrogen (secondary N) is 1. The number of rotatable bonds is 7. The lowest BCUT2D eigenvalue weighted by molar-refractivity contribution is -0.435. The Morgan fingerprint density at radius 2 is 1.29 bits per heavy atom. The summed E-state index contributed by atoms with van der Waals surface area (Å²) in [6.07, 6.45) is -7.59. The third-order valence-corrected chi connectivity index (χ3v) is 5.26. The maximum absolute atomic E-state index is 13.9. The zero-order chi connectivity index (χ0) is 27.3. The highest BCUT2D eigenvalue weighted by Crippen LogP contribution is 2.60. The van der Waals surface area contributed by atoms with E-state index in [2.05, 4.69) is 4.74 Å². The van der Waals surface area contributed by atoms with E-state index in [1.54, 1.807) is 0 Å². The first kappa shape index (κ1) is 29.3. The smallest absolute Gasteiger partial charge is 0.460 e. The Labute approximate surface area is 183 Å². The molecule has 0 saturated carbocycles. The van der Waals surface area contributed by atoms with Crippen molar-refractivity contribution in [2.75, 3.05) is 12.4 Å². The number of ether oxygens (including phenoxy) is 1. The largest absolute Gasteiger partial charge is 0.465 e. The summed E-state index contributed by atoms with van der Waals surface area (Å²) in [7, 11) is 0.791. The van der Waals surface area contributed by atoms with Gasteiger partial charge in [-0.2, -0.15) is 62.3 Å². The third-order valence-electron chi connectivity index (χ3n) is 4.07. The summed E-state index contributed by atoms with van der Waals surface area (Å²) in [4.78, 5) is 22.5. The zero-order valence-electron chi connectivity index (χ0n) is 16.0. The van der Waals surface area contributed by atoms with Crippen LogP contribution in [0.5, 0.6) is 0 Å². The molecule has 1 aromatic heterocycles. The standard InChI is InChI=1S/C15H7F13N2O3S/c1-4-5(3-29)7(34-6(4)8(31)33-2)30-9(32)10(16,17)11(18,19)12(20,21)13(22,23)14(24,25)15(26,27)28/h1-2H3,(H,30,32). The van der Waals surface area contributed by atoms with Crippen molar-refractivity contribution in [2.24, 2.45) is 0 Å². The van der Waals surface area contributed by atoms with E-state index in [-0.39, 0.29) is 11.3 Å². The predicted molar refractivity (Wildman–Crippen MR) is 84.5 cm³/mol. The van der Waals surface area contributed by atoms with E-state index in [4.69, 9.17) is 5.26 Å². The number of amides is 1. The van der Waals surface area contributed by atoms with Crippen LogP contribution in [-0.4, -0.2) is 54.8 Å². The molecule has 1 amide bonds. The number of hydrogen-bond acceptors (Lipinski definition) is 5. The van der Waals surface area contributed by atoms with Crippen molar-refractivity contribution in [3.8, 4) is 6.07 Å². The Morgan fingerprint density at radius 1 is 0.853 bits per heavy atom. The number of nitriles is 1. The van der Waals surface area contributed by atoms with Gasteiger partial charge in [0.1, 0.15) is 15.9 Å². The maximum atomic E-state index is 13.9. The minimum Gasteiger partial charge on any atom is -0.465 e. The normalized spacial score (nSPS) is 13.9. The number of halogens is 13. The lowest BCUT2D eigenvalue weighted by Crippen LogP contribution is -2.71. The fraction of sp³-hybridized carbons (Fsp3) is 0.533. The van der Waals surface area contributed by atoms with Crippen LogP contribution in [0.25, 0.3) is 0 Å². The molecule has 0 aliphatic rings. The van der Waals surface area contributed by atoms with Gasteiger partial charge in [0.15, 0.2) is 0 Å². The molecule has 19 heteroatoms. The summed E-state index contributed by atoms with van der Waals surface area (Å²) in [6, 6.07) is 1.21. The van der Waals surface area contributed by atoms with E-state index in [0.29, 0.717) is 0 Å². The number of hydrogen-bond donors (Lipinski definition) is 1. The Balaban J connectivity index is 3.53. The lowest BCUT2D eigenvalue weighted by atomic mass is 9.93. The predicted octanol–water partition coefficient (Wildman–Crippen LogP) is 5.39. The number of nitrogens with zero attached hydrogens (tertiary/aromatic N) is 1. The van der Waals surface area contributed by atoms with Gasteiger partial charge < -0.3 is 10.1 Å². The van der Waals surface area contributed by atoms with Gasteiger partial charge in [-0.1, -0.05) is 0 Å². The molecule has 1 heterocycles. The molecule has 34 heavy (non-hydrogen) atoms. The zero-order valence-corrected chi connectivity index (χ0v) is 16.8. The van der Waals surface area contributed by atoms with Crippen molar-refractivity contribution in [2.45, 2.75) is 42.7 Å². The second kappa shape index (κ2) is 8.46. The Morgan fingerprint density at radius 3 is 1.68 bits per heavy atom. The van der Waals surface area contributed by atoms with Gasteiger partial charge >= 0.3 is 47.7 Å². The second-order valence-electron chi connectivity index (χ2n) is 6.19. The average Bonchev–Trinajstić information content (AvgIpc) is 3.00. The van der Waals surface area contributed by atoms with Crippen LogP contribution in [0.3, 0.4) is 0 Å². The maximum Gasteiger partial charge on any atom is 0.460 e. The first-order chi connectivity index (χ1) is 15.0. The molecule has 1 aromatic rings. The molecular formula is C15H7F13N2O3S. The lowest BCUT2D eigenvalue weighted by Gasteiger charge is -2.39. The van der Waals surface area contributed by atoms with Crippen LogP contribution in [0.4, 0.5) is 62.1 Å². The number of esters is 1. The number of carbonyl (C=O) groups is 2. The minimum atomic E-state index is -8.17. The molecule has 0 aromatic carbocycles. The first-order valence-electron chi connectivity index (χ1n) is 7.86. The number of methoxy groups -OCH3 is 1. The quantitative estimate of drug-likeness (QED) is 0.370. The van der Waals surface area contributed by atoms with Crippen LogP contribution in [0.1, 0.15) is 20.8 Å². The van der Waals surface area contributed by atoms with Gasteiger partial charge in [0.2, 0.25) is 0 Å². The van der Waals surface area contributed by atoms with Crippen molar-refractivity contribution >= 4 is 28.2 Å². The highest BCUT2D eigenvalue weighted by atomic mass is 32.1. The number of thiophene rings is 1. The van der Waals surface area contributed by atoms with Crippen molar-refractivity contribution in [3.05, 3.63) is 16.0 Å². The van der Waals surface area contributed by atoms with Crippen LogP contribution in [0, 0.1) is 18.3 Å². The van der Waals surface area contributed by atoms with Gasteiger partial charge in [0, 0.05) is 0 Å². The first-order valence-corrected chi connectivity index (χ1v) is 8.68. The minimum absolute atomic E-state index is 0.0925. The second-order valence-corrected chi connectivity index (χ2v) is 7.21. The SMILES string of the molecule is COC(=O)c1sc(NC(=O)C(F)(F)C(F)(F)C(F)(F)C(F)(F)C(F)(F)C(F)(F)F)c(C#N)c1C. The van der Waals surface area contributed by atoms with Crippen LogP contribution in [-0.2, 0) is 9.53 Å². The van der Waals surface area contributed by atoms with Crippen molar-refractivity contribution < 1.29 is 71.4 Å². The third kappa shape index (κ3) is 4.01. The molecule has 0 aliphatic heterocycles. The highest BCUT2D eigenvalue weighted by Gasteiger charge is 2.91. The topological polar surface area (TPSA) is 79.2 Å². The van der Waals surface area contributed by atoms with Gasteiger partial charge in [0.05, 0.1) is 12.7 Å². The van der Waals surface area contributed by atoms with E-state index in [0.717, 1.165) is 19.4 Å². The highest BCUT2D eigenvalue weighted by molar-refractivity contribution is 7.18. The molecule has 0 unspecified atom stereocenters. The molecule has 0 saturated heterocycles. The summed E-state index contributed by atoms with van der Waals surface area (Å²) in [5.41, 5.74) is -1.27. The summed E-state index contributed by atoms with van der Waals surface area (Å²) in [5.74, 6) is -44.0. The fourth-order valence-corrected chi connectivity index (χ4v) is 3.19. The molecule has 1 N–H and O–H groups in total. The van der Waals surface area contributed by atoms with E-state index in [1.165, 1.54) is 6.07 Å². The van der Waals surface area contributed by atoms with Crippen LogP contribution in [0.15, 0.2) is 0 Å². The van der Waals surface area contributed by atoms with Crippen molar-refractivity contribution in [3.63, 3.8) is 0 Å².